The van der Waals surface area contributed by atoms with Crippen LogP contribution in [0.1, 0.15) is 72.1 Å². The van der Waals surface area contributed by atoms with Crippen molar-refractivity contribution < 1.29 is 0 Å². The molecule has 0 nitrogen and oxygen atoms in total. The third-order valence-electron chi connectivity index (χ3n) is 2.70. The van der Waals surface area contributed by atoms with E-state index in [9.17, 15) is 0 Å². The molecular weight excluding hydrogens is 168 g/mol. The van der Waals surface area contributed by atoms with E-state index in [0.717, 1.165) is 5.92 Å². The average Bonchev–Trinajstić information content (AvgIpc) is 2.20. The molecule has 0 saturated carbocycles. The first kappa shape index (κ1) is 13.7. The molecule has 14 heavy (non-hydrogen) atoms. The van der Waals surface area contributed by atoms with Crippen LogP contribution < -0.4 is 0 Å². The normalized spacial score (nSPS) is 13.6. The predicted octanol–water partition coefficient (Wildman–Crippen LogP) is 5.34. The SMILES string of the molecule is CCCCCC/C=C\C(C)CCCC. The van der Waals surface area contributed by atoms with Gasteiger partial charge >= 0.3 is 0 Å². The van der Waals surface area contributed by atoms with E-state index in [4.69, 9.17) is 0 Å². The van der Waals surface area contributed by atoms with Gasteiger partial charge in [-0.25, -0.2) is 0 Å². The summed E-state index contributed by atoms with van der Waals surface area (Å²) in [6.45, 7) is 6.86. The van der Waals surface area contributed by atoms with Gasteiger partial charge in [0.25, 0.3) is 0 Å². The molecule has 1 unspecified atom stereocenters. The Morgan fingerprint density at radius 1 is 0.929 bits per heavy atom. The van der Waals surface area contributed by atoms with Crippen molar-refractivity contribution in [2.24, 2.45) is 5.92 Å². The van der Waals surface area contributed by atoms with Crippen molar-refractivity contribution in [3.63, 3.8) is 0 Å². The molecule has 0 heterocycles. The molecule has 1 atom stereocenters. The van der Waals surface area contributed by atoms with E-state index < -0.39 is 0 Å². The summed E-state index contributed by atoms with van der Waals surface area (Å²) in [7, 11) is 0. The summed E-state index contributed by atoms with van der Waals surface area (Å²) in [5, 5.41) is 0. The highest BCUT2D eigenvalue weighted by molar-refractivity contribution is 4.86. The summed E-state index contributed by atoms with van der Waals surface area (Å²) in [6.07, 6.45) is 15.7. The molecule has 0 saturated heterocycles. The minimum absolute atomic E-state index is 0.793. The van der Waals surface area contributed by atoms with Crippen molar-refractivity contribution in [2.75, 3.05) is 0 Å². The third-order valence-corrected chi connectivity index (χ3v) is 2.70. The monoisotopic (exact) mass is 196 g/mol. The van der Waals surface area contributed by atoms with Crippen molar-refractivity contribution in [2.45, 2.75) is 72.1 Å². The van der Waals surface area contributed by atoms with E-state index in [0.29, 0.717) is 0 Å². The molecule has 0 radical (unpaired) electrons. The summed E-state index contributed by atoms with van der Waals surface area (Å²) in [4.78, 5) is 0. The summed E-state index contributed by atoms with van der Waals surface area (Å²) < 4.78 is 0. The van der Waals surface area contributed by atoms with Crippen molar-refractivity contribution in [3.8, 4) is 0 Å². The minimum atomic E-state index is 0.793. The molecule has 0 amide bonds. The van der Waals surface area contributed by atoms with Crippen molar-refractivity contribution in [1.29, 1.82) is 0 Å². The van der Waals surface area contributed by atoms with Crippen LogP contribution in [0.2, 0.25) is 0 Å². The minimum Gasteiger partial charge on any atom is -0.0883 e. The van der Waals surface area contributed by atoms with E-state index in [1.165, 1.54) is 51.4 Å². The highest BCUT2D eigenvalue weighted by atomic mass is 14.0. The van der Waals surface area contributed by atoms with E-state index in [1.54, 1.807) is 0 Å². The lowest BCUT2D eigenvalue weighted by Gasteiger charge is -2.03. The molecule has 0 aromatic carbocycles. The highest BCUT2D eigenvalue weighted by Crippen LogP contribution is 2.10. The molecule has 0 N–H and O–H groups in total. The summed E-state index contributed by atoms with van der Waals surface area (Å²) >= 11 is 0. The van der Waals surface area contributed by atoms with Crippen LogP contribution in [0.25, 0.3) is 0 Å². The Labute approximate surface area is 90.8 Å². The fraction of sp³-hybridized carbons (Fsp3) is 0.857. The van der Waals surface area contributed by atoms with Gasteiger partial charge in [-0.1, -0.05) is 65.0 Å². The molecule has 0 spiro atoms. The van der Waals surface area contributed by atoms with E-state index in [1.807, 2.05) is 0 Å². The third kappa shape index (κ3) is 9.83. The van der Waals surface area contributed by atoms with Gasteiger partial charge in [0, 0.05) is 0 Å². The van der Waals surface area contributed by atoms with E-state index in [-0.39, 0.29) is 0 Å². The van der Waals surface area contributed by atoms with E-state index in [2.05, 4.69) is 32.9 Å². The molecule has 0 aromatic rings. The zero-order chi connectivity index (χ0) is 10.6. The lowest BCUT2D eigenvalue weighted by atomic mass is 10.0. The second-order valence-corrected chi connectivity index (χ2v) is 4.40. The Morgan fingerprint density at radius 3 is 2.29 bits per heavy atom. The van der Waals surface area contributed by atoms with Gasteiger partial charge in [-0.3, -0.25) is 0 Å². The number of hydrogen-bond donors (Lipinski definition) is 0. The van der Waals surface area contributed by atoms with Gasteiger partial charge in [0.05, 0.1) is 0 Å². The topological polar surface area (TPSA) is 0 Å². The van der Waals surface area contributed by atoms with Crippen molar-refractivity contribution in [1.82, 2.24) is 0 Å². The maximum Gasteiger partial charge on any atom is -0.0262 e. The molecule has 0 aliphatic carbocycles. The Balaban J connectivity index is 3.23. The number of allylic oxidation sites excluding steroid dienone is 2. The summed E-state index contributed by atoms with van der Waals surface area (Å²) in [5.41, 5.74) is 0. The Kier molecular flexibility index (Phi) is 10.6. The quantitative estimate of drug-likeness (QED) is 0.345. The molecule has 0 aromatic heterocycles. The maximum absolute atomic E-state index is 2.40. The summed E-state index contributed by atoms with van der Waals surface area (Å²) in [5.74, 6) is 0.793. The van der Waals surface area contributed by atoms with Crippen LogP contribution >= 0.6 is 0 Å². The molecule has 0 aliphatic heterocycles. The van der Waals surface area contributed by atoms with Gasteiger partial charge in [0.15, 0.2) is 0 Å². The second kappa shape index (κ2) is 10.8. The predicted molar refractivity (Wildman–Crippen MR) is 66.6 cm³/mol. The first-order chi connectivity index (χ1) is 6.81. The molecular formula is C14H28. The van der Waals surface area contributed by atoms with Crippen LogP contribution in [0, 0.1) is 5.92 Å². The van der Waals surface area contributed by atoms with Gasteiger partial charge in [-0.15, -0.1) is 0 Å². The van der Waals surface area contributed by atoms with Gasteiger partial charge in [-0.2, -0.15) is 0 Å². The van der Waals surface area contributed by atoms with Crippen LogP contribution in [-0.2, 0) is 0 Å². The standard InChI is InChI=1S/C14H28/c1-4-6-8-9-10-11-13-14(3)12-7-5-2/h11,13-14H,4-10,12H2,1-3H3/b13-11-. The van der Waals surface area contributed by atoms with Gasteiger partial charge < -0.3 is 0 Å². The van der Waals surface area contributed by atoms with Crippen LogP contribution in [0.5, 0.6) is 0 Å². The number of unbranched alkanes of at least 4 members (excludes halogenated alkanes) is 5. The molecule has 0 heteroatoms. The smallest absolute Gasteiger partial charge is 0.0262 e. The number of hydrogen-bond acceptors (Lipinski definition) is 0. The maximum atomic E-state index is 2.40. The second-order valence-electron chi connectivity index (χ2n) is 4.40. The molecule has 0 bridgehead atoms. The Bertz CT molecular complexity index is 124. The Morgan fingerprint density at radius 2 is 1.64 bits per heavy atom. The molecule has 0 rings (SSSR count). The highest BCUT2D eigenvalue weighted by Gasteiger charge is 1.94. The number of rotatable bonds is 9. The van der Waals surface area contributed by atoms with Crippen LogP contribution in [0.4, 0.5) is 0 Å². The van der Waals surface area contributed by atoms with Crippen LogP contribution in [0.15, 0.2) is 12.2 Å². The van der Waals surface area contributed by atoms with Crippen molar-refractivity contribution in [3.05, 3.63) is 12.2 Å². The largest absolute Gasteiger partial charge is 0.0883 e. The van der Waals surface area contributed by atoms with Crippen LogP contribution in [0.3, 0.4) is 0 Å². The lowest BCUT2D eigenvalue weighted by Crippen LogP contribution is -1.88. The van der Waals surface area contributed by atoms with E-state index >= 15 is 0 Å². The fourth-order valence-corrected chi connectivity index (χ4v) is 1.64. The zero-order valence-corrected chi connectivity index (χ0v) is 10.4. The Hall–Kier alpha value is -0.260. The van der Waals surface area contributed by atoms with Gasteiger partial charge in [0.1, 0.15) is 0 Å². The average molecular weight is 196 g/mol. The first-order valence-corrected chi connectivity index (χ1v) is 6.47. The molecule has 0 aliphatic rings. The van der Waals surface area contributed by atoms with Gasteiger partial charge in [-0.05, 0) is 25.2 Å². The van der Waals surface area contributed by atoms with Gasteiger partial charge in [0.2, 0.25) is 0 Å². The zero-order valence-electron chi connectivity index (χ0n) is 10.4. The lowest BCUT2D eigenvalue weighted by molar-refractivity contribution is 0.595. The first-order valence-electron chi connectivity index (χ1n) is 6.47. The fourth-order valence-electron chi connectivity index (χ4n) is 1.64. The molecule has 84 valence electrons. The van der Waals surface area contributed by atoms with Crippen LogP contribution in [-0.4, -0.2) is 0 Å². The summed E-state index contributed by atoms with van der Waals surface area (Å²) in [6, 6.07) is 0. The molecule has 0 fully saturated rings. The van der Waals surface area contributed by atoms with Crippen molar-refractivity contribution >= 4 is 0 Å².